The lowest BCUT2D eigenvalue weighted by atomic mass is 9.99. The van der Waals surface area contributed by atoms with E-state index in [0.717, 1.165) is 14.5 Å². The Hall–Kier alpha value is -0.270. The second-order valence-electron chi connectivity index (χ2n) is 3.91. The summed E-state index contributed by atoms with van der Waals surface area (Å²) < 4.78 is 16.4. The molecule has 100 valence electrons. The zero-order valence-electron chi connectivity index (χ0n) is 9.63. The molecule has 2 aromatic rings. The first-order valence-corrected chi connectivity index (χ1v) is 7.77. The summed E-state index contributed by atoms with van der Waals surface area (Å²) in [5.74, 6) is 5.28. The van der Waals surface area contributed by atoms with Gasteiger partial charge in [-0.1, -0.05) is 50.1 Å². The van der Waals surface area contributed by atoms with Gasteiger partial charge in [-0.2, -0.15) is 0 Å². The molecule has 3 N–H and O–H groups in total. The molecule has 0 saturated carbocycles. The molecule has 0 bridgehead atoms. The predicted molar refractivity (Wildman–Crippen MR) is 85.1 cm³/mol. The third-order valence-electron chi connectivity index (χ3n) is 2.73. The Balaban J connectivity index is 2.53. The number of hydrazine groups is 1. The van der Waals surface area contributed by atoms with Gasteiger partial charge in [0.05, 0.1) is 10.5 Å². The first kappa shape index (κ1) is 15.1. The smallest absolute Gasteiger partial charge is 0.142 e. The van der Waals surface area contributed by atoms with Gasteiger partial charge in [0.1, 0.15) is 5.82 Å². The van der Waals surface area contributed by atoms with Crippen LogP contribution in [0, 0.1) is 5.82 Å². The summed E-state index contributed by atoms with van der Waals surface area (Å²) in [5, 5.41) is 0. The second kappa shape index (κ2) is 6.45. The van der Waals surface area contributed by atoms with Crippen LogP contribution in [0.3, 0.4) is 0 Å². The predicted octanol–water partition coefficient (Wildman–Crippen LogP) is 4.67. The molecule has 0 amide bonds. The Bertz CT molecular complexity index is 604. The Labute approximate surface area is 135 Å². The van der Waals surface area contributed by atoms with E-state index in [9.17, 15) is 4.39 Å². The summed E-state index contributed by atoms with van der Waals surface area (Å²) in [6.45, 7) is 0. The summed E-state index contributed by atoms with van der Waals surface area (Å²) >= 11 is 10.0. The zero-order chi connectivity index (χ0) is 14.0. The van der Waals surface area contributed by atoms with Gasteiger partial charge in [-0.05, 0) is 39.7 Å². The minimum atomic E-state index is -0.431. The van der Waals surface area contributed by atoms with E-state index in [4.69, 9.17) is 5.84 Å². The second-order valence-corrected chi connectivity index (χ2v) is 6.53. The van der Waals surface area contributed by atoms with Crippen molar-refractivity contribution in [3.8, 4) is 0 Å². The van der Waals surface area contributed by atoms with Gasteiger partial charge in [0.15, 0.2) is 0 Å². The monoisotopic (exact) mass is 450 g/mol. The molecule has 0 aliphatic heterocycles. The first-order chi connectivity index (χ1) is 9.04. The maximum Gasteiger partial charge on any atom is 0.142 e. The molecule has 1 unspecified atom stereocenters. The quantitative estimate of drug-likeness (QED) is 0.525. The van der Waals surface area contributed by atoms with Crippen LogP contribution in [0.15, 0.2) is 49.8 Å². The Morgan fingerprint density at radius 2 is 1.74 bits per heavy atom. The number of nitrogens with two attached hydrogens (primary N) is 1. The fourth-order valence-electron chi connectivity index (χ4n) is 1.83. The van der Waals surface area contributed by atoms with E-state index in [1.165, 1.54) is 0 Å². The van der Waals surface area contributed by atoms with Crippen LogP contribution in [-0.4, -0.2) is 0 Å². The largest absolute Gasteiger partial charge is 0.271 e. The Morgan fingerprint density at radius 3 is 2.37 bits per heavy atom. The van der Waals surface area contributed by atoms with Crippen molar-refractivity contribution in [1.29, 1.82) is 0 Å². The van der Waals surface area contributed by atoms with Crippen molar-refractivity contribution >= 4 is 47.8 Å². The van der Waals surface area contributed by atoms with Gasteiger partial charge in [0.25, 0.3) is 0 Å². The van der Waals surface area contributed by atoms with Crippen LogP contribution >= 0.6 is 47.8 Å². The van der Waals surface area contributed by atoms with Crippen molar-refractivity contribution in [1.82, 2.24) is 5.43 Å². The van der Waals surface area contributed by atoms with Gasteiger partial charge in [-0.15, -0.1) is 0 Å². The first-order valence-electron chi connectivity index (χ1n) is 5.39. The van der Waals surface area contributed by atoms with Crippen LogP contribution in [0.2, 0.25) is 0 Å². The molecule has 0 aromatic heterocycles. The number of rotatable bonds is 3. The molecule has 0 radical (unpaired) electrons. The number of halogens is 4. The summed E-state index contributed by atoms with van der Waals surface area (Å²) in [6.07, 6.45) is 0. The summed E-state index contributed by atoms with van der Waals surface area (Å²) in [5.41, 5.74) is 4.01. The molecule has 0 aliphatic rings. The van der Waals surface area contributed by atoms with E-state index in [-0.39, 0.29) is 5.82 Å². The van der Waals surface area contributed by atoms with Crippen LogP contribution in [0.5, 0.6) is 0 Å². The topological polar surface area (TPSA) is 38.0 Å². The molecule has 0 aliphatic carbocycles. The minimum Gasteiger partial charge on any atom is -0.271 e. The highest BCUT2D eigenvalue weighted by Crippen LogP contribution is 2.33. The lowest BCUT2D eigenvalue weighted by Crippen LogP contribution is -2.29. The average molecular weight is 453 g/mol. The van der Waals surface area contributed by atoms with Crippen molar-refractivity contribution in [2.24, 2.45) is 5.84 Å². The molecule has 0 saturated heterocycles. The Morgan fingerprint density at radius 1 is 1.00 bits per heavy atom. The van der Waals surface area contributed by atoms with Gasteiger partial charge in [0, 0.05) is 14.5 Å². The van der Waals surface area contributed by atoms with Gasteiger partial charge in [-0.3, -0.25) is 5.84 Å². The van der Waals surface area contributed by atoms with Crippen LogP contribution in [0.4, 0.5) is 4.39 Å². The normalized spacial score (nSPS) is 12.5. The molecule has 1 atom stereocenters. The lowest BCUT2D eigenvalue weighted by Gasteiger charge is -2.19. The van der Waals surface area contributed by atoms with Gasteiger partial charge in [0.2, 0.25) is 0 Å². The molecule has 2 nitrogen and oxygen atoms in total. The fraction of sp³-hybridized carbons (Fsp3) is 0.0769. The SMILES string of the molecule is NNC(c1ccc(Br)cc1Br)c1cccc(Br)c1F. The van der Waals surface area contributed by atoms with E-state index in [0.29, 0.717) is 10.0 Å². The molecule has 6 heteroatoms. The molecule has 19 heavy (non-hydrogen) atoms. The van der Waals surface area contributed by atoms with Crippen LogP contribution in [0.25, 0.3) is 0 Å². The number of hydrogen-bond donors (Lipinski definition) is 2. The zero-order valence-corrected chi connectivity index (χ0v) is 14.4. The molecular weight excluding hydrogens is 443 g/mol. The molecular formula is C13H10Br3FN2. The van der Waals surface area contributed by atoms with E-state index in [1.54, 1.807) is 18.2 Å². The van der Waals surface area contributed by atoms with E-state index >= 15 is 0 Å². The number of hydrogen-bond acceptors (Lipinski definition) is 2. The Kier molecular flexibility index (Phi) is 5.14. The van der Waals surface area contributed by atoms with Crippen molar-refractivity contribution in [3.05, 3.63) is 66.8 Å². The number of benzene rings is 2. The van der Waals surface area contributed by atoms with Gasteiger partial charge in [-0.25, -0.2) is 9.82 Å². The van der Waals surface area contributed by atoms with Crippen LogP contribution in [-0.2, 0) is 0 Å². The molecule has 0 fully saturated rings. The van der Waals surface area contributed by atoms with Crippen LogP contribution < -0.4 is 11.3 Å². The lowest BCUT2D eigenvalue weighted by molar-refractivity contribution is 0.555. The van der Waals surface area contributed by atoms with Crippen molar-refractivity contribution in [2.45, 2.75) is 6.04 Å². The summed E-state index contributed by atoms with van der Waals surface area (Å²) in [4.78, 5) is 0. The van der Waals surface area contributed by atoms with E-state index < -0.39 is 6.04 Å². The van der Waals surface area contributed by atoms with Crippen molar-refractivity contribution in [3.63, 3.8) is 0 Å². The third kappa shape index (κ3) is 3.25. The summed E-state index contributed by atoms with van der Waals surface area (Å²) in [7, 11) is 0. The van der Waals surface area contributed by atoms with Gasteiger partial charge < -0.3 is 0 Å². The standard InChI is InChI=1S/C13H10Br3FN2/c14-7-4-5-8(11(16)6-7)13(19-18)9-2-1-3-10(15)12(9)17/h1-6,13,19H,18H2. The van der Waals surface area contributed by atoms with Crippen molar-refractivity contribution < 1.29 is 4.39 Å². The number of nitrogens with one attached hydrogen (secondary N) is 1. The highest BCUT2D eigenvalue weighted by molar-refractivity contribution is 9.11. The van der Waals surface area contributed by atoms with Crippen LogP contribution in [0.1, 0.15) is 17.2 Å². The maximum atomic E-state index is 14.2. The van der Waals surface area contributed by atoms with E-state index in [2.05, 4.69) is 53.2 Å². The molecule has 2 aromatic carbocycles. The third-order valence-corrected chi connectivity index (χ3v) is 4.53. The average Bonchev–Trinajstić information content (AvgIpc) is 2.37. The molecule has 0 spiro atoms. The maximum absolute atomic E-state index is 14.2. The minimum absolute atomic E-state index is 0.319. The highest BCUT2D eigenvalue weighted by Gasteiger charge is 2.20. The van der Waals surface area contributed by atoms with E-state index in [1.807, 2.05) is 18.2 Å². The highest BCUT2D eigenvalue weighted by atomic mass is 79.9. The summed E-state index contributed by atoms with van der Waals surface area (Å²) in [6, 6.07) is 10.4. The molecule has 0 heterocycles. The fourth-order valence-corrected chi connectivity index (χ4v) is 3.48. The van der Waals surface area contributed by atoms with Crippen molar-refractivity contribution in [2.75, 3.05) is 0 Å². The molecule has 2 rings (SSSR count). The van der Waals surface area contributed by atoms with Gasteiger partial charge >= 0.3 is 0 Å².